The van der Waals surface area contributed by atoms with Gasteiger partial charge in [-0.25, -0.2) is 0 Å². The lowest BCUT2D eigenvalue weighted by Gasteiger charge is -2.40. The maximum Gasteiger partial charge on any atom is 0.220 e. The molecule has 0 aliphatic carbocycles. The highest BCUT2D eigenvalue weighted by atomic mass is 16.7. The van der Waals surface area contributed by atoms with Crippen LogP contribution in [0.3, 0.4) is 0 Å². The van der Waals surface area contributed by atoms with Gasteiger partial charge in [0.1, 0.15) is 24.4 Å². The molecule has 7 atom stereocenters. The van der Waals surface area contributed by atoms with Crippen molar-refractivity contribution in [3.8, 4) is 0 Å². The Balaban J connectivity index is 2.13. The number of aliphatic hydroxyl groups is 5. The average molecular weight is 884 g/mol. The molecule has 7 unspecified atom stereocenters. The first-order valence-corrected chi connectivity index (χ1v) is 27.2. The third-order valence-corrected chi connectivity index (χ3v) is 13.5. The van der Waals surface area contributed by atoms with Crippen LogP contribution in [-0.2, 0) is 14.3 Å². The first kappa shape index (κ1) is 59.2. The van der Waals surface area contributed by atoms with Crippen LogP contribution in [0.15, 0.2) is 0 Å². The Labute approximate surface area is 383 Å². The quantitative estimate of drug-likeness (QED) is 0.0331. The Bertz CT molecular complexity index is 939. The largest absolute Gasteiger partial charge is 0.394 e. The van der Waals surface area contributed by atoms with Gasteiger partial charge >= 0.3 is 0 Å². The van der Waals surface area contributed by atoms with E-state index in [0.29, 0.717) is 12.8 Å². The number of aliphatic hydroxyl groups excluding tert-OH is 5. The lowest BCUT2D eigenvalue weighted by molar-refractivity contribution is -0.302. The minimum absolute atomic E-state index is 0.132. The zero-order valence-electron chi connectivity index (χ0n) is 40.9. The maximum atomic E-state index is 13.0. The van der Waals surface area contributed by atoms with E-state index in [1.54, 1.807) is 0 Å². The molecular formula is C53H105NO8. The minimum atomic E-state index is -1.55. The molecule has 0 aromatic rings. The van der Waals surface area contributed by atoms with Gasteiger partial charge in [-0.3, -0.25) is 4.79 Å². The number of carbonyl (C=O) groups is 1. The lowest BCUT2D eigenvalue weighted by Crippen LogP contribution is -2.60. The van der Waals surface area contributed by atoms with Crippen molar-refractivity contribution in [2.75, 3.05) is 13.2 Å². The van der Waals surface area contributed by atoms with Crippen molar-refractivity contribution in [1.29, 1.82) is 0 Å². The SMILES string of the molecule is CCCCCCCCCCCCCCCCCCCCCCCCCCCCCCC(O)C(COC1OC(CO)C(O)C(O)C1O)NC(=O)CCCCCCCCCCCCC. The molecule has 0 aromatic carbocycles. The van der Waals surface area contributed by atoms with Crippen molar-refractivity contribution in [2.45, 2.75) is 320 Å². The molecule has 0 spiro atoms. The molecule has 1 amide bonds. The molecule has 0 saturated carbocycles. The molecule has 9 nitrogen and oxygen atoms in total. The van der Waals surface area contributed by atoms with Crippen molar-refractivity contribution in [3.63, 3.8) is 0 Å². The third-order valence-electron chi connectivity index (χ3n) is 13.5. The summed E-state index contributed by atoms with van der Waals surface area (Å²) in [6.07, 6.45) is 44.3. The van der Waals surface area contributed by atoms with Gasteiger partial charge in [0.2, 0.25) is 5.91 Å². The number of nitrogens with one attached hydrogen (secondary N) is 1. The molecule has 1 aliphatic heterocycles. The van der Waals surface area contributed by atoms with Crippen LogP contribution in [-0.4, -0.2) is 87.5 Å². The number of hydrogen-bond acceptors (Lipinski definition) is 8. The summed E-state index contributed by atoms with van der Waals surface area (Å²) in [5.74, 6) is -0.141. The summed E-state index contributed by atoms with van der Waals surface area (Å²) in [4.78, 5) is 13.0. The van der Waals surface area contributed by atoms with Crippen LogP contribution in [0.5, 0.6) is 0 Å². The molecule has 9 heteroatoms. The molecule has 0 radical (unpaired) electrons. The van der Waals surface area contributed by atoms with E-state index in [1.807, 2.05) is 0 Å². The molecule has 1 aliphatic rings. The Hall–Kier alpha value is -0.810. The summed E-state index contributed by atoms with van der Waals surface area (Å²) in [5, 5.41) is 54.5. The van der Waals surface area contributed by atoms with Gasteiger partial charge in [-0.05, 0) is 12.8 Å². The number of carbonyl (C=O) groups excluding carboxylic acids is 1. The monoisotopic (exact) mass is 884 g/mol. The standard InChI is InChI=1S/C53H105NO8/c1-3-5-7-9-11-13-15-16-17-18-19-20-21-22-23-24-25-26-27-28-29-30-31-33-34-36-38-40-42-47(56)46(45-61-53-52(60)51(59)50(58)48(44-55)62-53)54-49(57)43-41-39-37-35-32-14-12-10-8-6-4-2/h46-48,50-53,55-56,58-60H,3-45H2,1-2H3,(H,54,57). The Kier molecular flexibility index (Phi) is 42.1. The topological polar surface area (TPSA) is 149 Å². The van der Waals surface area contributed by atoms with Gasteiger partial charge in [-0.15, -0.1) is 0 Å². The Morgan fingerprint density at radius 3 is 1.15 bits per heavy atom. The van der Waals surface area contributed by atoms with Crippen LogP contribution < -0.4 is 5.32 Å². The molecule has 1 fully saturated rings. The number of amides is 1. The highest BCUT2D eigenvalue weighted by molar-refractivity contribution is 5.76. The smallest absolute Gasteiger partial charge is 0.220 e. The van der Waals surface area contributed by atoms with E-state index in [1.165, 1.54) is 212 Å². The fourth-order valence-corrected chi connectivity index (χ4v) is 9.11. The fraction of sp³-hybridized carbons (Fsp3) is 0.981. The normalized spacial score (nSPS) is 20.1. The van der Waals surface area contributed by atoms with E-state index in [-0.39, 0.29) is 12.5 Å². The van der Waals surface area contributed by atoms with Crippen molar-refractivity contribution in [1.82, 2.24) is 5.32 Å². The highest BCUT2D eigenvalue weighted by Gasteiger charge is 2.44. The molecule has 1 heterocycles. The molecule has 0 aromatic heterocycles. The lowest BCUT2D eigenvalue weighted by atomic mass is 9.99. The predicted octanol–water partition coefficient (Wildman–Crippen LogP) is 12.7. The Morgan fingerprint density at radius 2 is 0.806 bits per heavy atom. The summed E-state index contributed by atoms with van der Waals surface area (Å²) in [5.41, 5.74) is 0. The second-order valence-corrected chi connectivity index (χ2v) is 19.4. The second-order valence-electron chi connectivity index (χ2n) is 19.4. The molecule has 1 saturated heterocycles. The van der Waals surface area contributed by atoms with Crippen LogP contribution in [0.1, 0.15) is 277 Å². The third kappa shape index (κ3) is 33.6. The number of hydrogen-bond donors (Lipinski definition) is 6. The van der Waals surface area contributed by atoms with E-state index in [4.69, 9.17) is 9.47 Å². The molecule has 6 N–H and O–H groups in total. The Morgan fingerprint density at radius 1 is 0.484 bits per heavy atom. The number of ether oxygens (including phenoxy) is 2. The highest BCUT2D eigenvalue weighted by Crippen LogP contribution is 2.23. The molecular weight excluding hydrogens is 779 g/mol. The van der Waals surface area contributed by atoms with E-state index in [9.17, 15) is 30.3 Å². The summed E-state index contributed by atoms with van der Waals surface area (Å²) >= 11 is 0. The van der Waals surface area contributed by atoms with Crippen molar-refractivity contribution < 1.29 is 39.8 Å². The summed E-state index contributed by atoms with van der Waals surface area (Å²) in [6, 6.07) is -0.712. The first-order valence-electron chi connectivity index (χ1n) is 27.2. The predicted molar refractivity (Wildman–Crippen MR) is 258 cm³/mol. The van der Waals surface area contributed by atoms with Gasteiger partial charge in [0.05, 0.1) is 25.4 Å². The van der Waals surface area contributed by atoms with Crippen LogP contribution in [0.4, 0.5) is 0 Å². The van der Waals surface area contributed by atoms with Crippen LogP contribution >= 0.6 is 0 Å². The van der Waals surface area contributed by atoms with E-state index in [0.717, 1.165) is 38.5 Å². The minimum Gasteiger partial charge on any atom is -0.394 e. The van der Waals surface area contributed by atoms with Crippen molar-refractivity contribution in [3.05, 3.63) is 0 Å². The number of unbranched alkanes of at least 4 members (excludes halogenated alkanes) is 37. The molecule has 62 heavy (non-hydrogen) atoms. The maximum absolute atomic E-state index is 13.0. The van der Waals surface area contributed by atoms with Gasteiger partial charge in [0.25, 0.3) is 0 Å². The van der Waals surface area contributed by atoms with Gasteiger partial charge in [-0.1, -0.05) is 258 Å². The van der Waals surface area contributed by atoms with Crippen molar-refractivity contribution >= 4 is 5.91 Å². The summed E-state index contributed by atoms with van der Waals surface area (Å²) in [7, 11) is 0. The van der Waals surface area contributed by atoms with E-state index in [2.05, 4.69) is 19.2 Å². The summed E-state index contributed by atoms with van der Waals surface area (Å²) < 4.78 is 11.3. The van der Waals surface area contributed by atoms with Crippen LogP contribution in [0.2, 0.25) is 0 Å². The van der Waals surface area contributed by atoms with Gasteiger partial charge in [-0.2, -0.15) is 0 Å². The summed E-state index contributed by atoms with van der Waals surface area (Å²) in [6.45, 7) is 3.85. The van der Waals surface area contributed by atoms with Crippen LogP contribution in [0.25, 0.3) is 0 Å². The van der Waals surface area contributed by atoms with Crippen LogP contribution in [0, 0.1) is 0 Å². The zero-order chi connectivity index (χ0) is 45.1. The van der Waals surface area contributed by atoms with Gasteiger partial charge < -0.3 is 40.3 Å². The first-order chi connectivity index (χ1) is 30.3. The molecule has 1 rings (SSSR count). The van der Waals surface area contributed by atoms with E-state index >= 15 is 0 Å². The second kappa shape index (κ2) is 44.0. The molecule has 0 bridgehead atoms. The molecule has 370 valence electrons. The number of rotatable bonds is 47. The fourth-order valence-electron chi connectivity index (χ4n) is 9.11. The average Bonchev–Trinajstić information content (AvgIpc) is 3.27. The zero-order valence-corrected chi connectivity index (χ0v) is 40.9. The van der Waals surface area contributed by atoms with E-state index < -0.39 is 49.5 Å². The van der Waals surface area contributed by atoms with Gasteiger partial charge in [0, 0.05) is 6.42 Å². The van der Waals surface area contributed by atoms with Gasteiger partial charge in [0.15, 0.2) is 6.29 Å². The van der Waals surface area contributed by atoms with Crippen molar-refractivity contribution in [2.24, 2.45) is 0 Å².